The van der Waals surface area contributed by atoms with Crippen LogP contribution in [0.5, 0.6) is 0 Å². The Balaban J connectivity index is 3.81. The van der Waals surface area contributed by atoms with Crippen LogP contribution < -0.4 is 0 Å². The number of unbranched alkanes of at least 4 members (excludes halogenated alkanes) is 6. The van der Waals surface area contributed by atoms with Crippen LogP contribution >= 0.6 is 0 Å². The van der Waals surface area contributed by atoms with Crippen LogP contribution in [0.15, 0.2) is 0 Å². The van der Waals surface area contributed by atoms with E-state index in [0.29, 0.717) is 0 Å². The molecule has 0 aromatic heterocycles. The number of hydrogen-bond acceptors (Lipinski definition) is 1. The summed E-state index contributed by atoms with van der Waals surface area (Å²) in [6, 6.07) is 0. The van der Waals surface area contributed by atoms with Crippen molar-refractivity contribution in [2.75, 3.05) is 13.1 Å². The molecule has 0 amide bonds. The summed E-state index contributed by atoms with van der Waals surface area (Å²) in [4.78, 5) is 0. The molecule has 0 aromatic rings. The minimum atomic E-state index is -1.07. The summed E-state index contributed by atoms with van der Waals surface area (Å²) in [5, 5.41) is 0. The van der Waals surface area contributed by atoms with Crippen molar-refractivity contribution >= 4 is 8.24 Å². The van der Waals surface area contributed by atoms with Gasteiger partial charge in [-0.1, -0.05) is 72.0 Å². The van der Waals surface area contributed by atoms with Crippen molar-refractivity contribution < 1.29 is 0 Å². The quantitative estimate of drug-likeness (QED) is 0.359. The predicted octanol–water partition coefficient (Wildman–Crippen LogP) is 5.28. The van der Waals surface area contributed by atoms with E-state index in [1.165, 1.54) is 64.5 Å². The highest BCUT2D eigenvalue weighted by atomic mass is 28.3. The van der Waals surface area contributed by atoms with Crippen LogP contribution in [0.25, 0.3) is 0 Å². The molecular weight excluding hydrogens is 222 g/mol. The Bertz CT molecular complexity index is 151. The molecule has 0 aromatic carbocycles. The van der Waals surface area contributed by atoms with Crippen LogP contribution in [0, 0.1) is 0 Å². The van der Waals surface area contributed by atoms with E-state index in [-0.39, 0.29) is 0 Å². The van der Waals surface area contributed by atoms with Crippen LogP contribution in [0.3, 0.4) is 0 Å². The van der Waals surface area contributed by atoms with Crippen molar-refractivity contribution in [2.24, 2.45) is 0 Å². The maximum absolute atomic E-state index is 2.82. The monoisotopic (exact) mass is 257 g/mol. The van der Waals surface area contributed by atoms with Crippen molar-refractivity contribution in [3.63, 3.8) is 0 Å². The minimum Gasteiger partial charge on any atom is -0.324 e. The van der Waals surface area contributed by atoms with E-state index in [9.17, 15) is 0 Å². The highest BCUT2D eigenvalue weighted by molar-refractivity contribution is 6.73. The highest BCUT2D eigenvalue weighted by Crippen LogP contribution is 2.13. The Morgan fingerprint density at radius 1 is 0.647 bits per heavy atom. The lowest BCUT2D eigenvalue weighted by molar-refractivity contribution is 0.390. The molecule has 0 saturated carbocycles. The fourth-order valence-electron chi connectivity index (χ4n) is 2.24. The first kappa shape index (κ1) is 17.2. The molecule has 0 fully saturated rings. The van der Waals surface area contributed by atoms with Gasteiger partial charge in [-0.3, -0.25) is 0 Å². The number of hydrogen-bond donors (Lipinski definition) is 0. The average molecular weight is 258 g/mol. The fraction of sp³-hybridized carbons (Fsp3) is 1.00. The molecule has 0 spiro atoms. The summed E-state index contributed by atoms with van der Waals surface area (Å²) in [7, 11) is -1.07. The summed E-state index contributed by atoms with van der Waals surface area (Å²) in [6.07, 6.45) is 11.2. The number of nitrogens with zero attached hydrogens (tertiary/aromatic N) is 1. The van der Waals surface area contributed by atoms with E-state index in [1.54, 1.807) is 0 Å². The van der Waals surface area contributed by atoms with Gasteiger partial charge < -0.3 is 4.57 Å². The first-order valence-electron chi connectivity index (χ1n) is 7.77. The van der Waals surface area contributed by atoms with Crippen molar-refractivity contribution in [3.05, 3.63) is 0 Å². The van der Waals surface area contributed by atoms with Crippen LogP contribution in [0.1, 0.15) is 65.2 Å². The van der Waals surface area contributed by atoms with Gasteiger partial charge in [-0.05, 0) is 25.9 Å². The Hall–Kier alpha value is 0.177. The van der Waals surface area contributed by atoms with Gasteiger partial charge in [0.15, 0.2) is 0 Å². The molecule has 2 heteroatoms. The van der Waals surface area contributed by atoms with E-state index >= 15 is 0 Å². The van der Waals surface area contributed by atoms with Crippen LogP contribution in [0.2, 0.25) is 19.6 Å². The molecule has 0 N–H and O–H groups in total. The molecule has 17 heavy (non-hydrogen) atoms. The lowest BCUT2D eigenvalue weighted by Gasteiger charge is -2.34. The van der Waals surface area contributed by atoms with E-state index < -0.39 is 8.24 Å². The van der Waals surface area contributed by atoms with Gasteiger partial charge in [-0.15, -0.1) is 0 Å². The molecule has 0 atom stereocenters. The molecule has 0 saturated heterocycles. The topological polar surface area (TPSA) is 3.24 Å². The molecule has 0 aliphatic heterocycles. The SMILES string of the molecule is CCCCCCN(CCCCCC)[Si](C)(C)C. The zero-order valence-corrected chi connectivity index (χ0v) is 14.0. The summed E-state index contributed by atoms with van der Waals surface area (Å²) < 4.78 is 2.82. The van der Waals surface area contributed by atoms with Gasteiger partial charge in [-0.2, -0.15) is 0 Å². The van der Waals surface area contributed by atoms with Gasteiger partial charge in [-0.25, -0.2) is 0 Å². The lowest BCUT2D eigenvalue weighted by Crippen LogP contribution is -2.47. The smallest absolute Gasteiger partial charge is 0.119 e. The zero-order chi connectivity index (χ0) is 13.1. The van der Waals surface area contributed by atoms with E-state index in [4.69, 9.17) is 0 Å². The molecule has 0 aliphatic rings. The van der Waals surface area contributed by atoms with Gasteiger partial charge in [0.05, 0.1) is 0 Å². The van der Waals surface area contributed by atoms with Gasteiger partial charge in [0.25, 0.3) is 0 Å². The Labute approximate surface area is 111 Å². The van der Waals surface area contributed by atoms with Gasteiger partial charge in [0.2, 0.25) is 0 Å². The van der Waals surface area contributed by atoms with E-state index in [2.05, 4.69) is 38.1 Å². The largest absolute Gasteiger partial charge is 0.324 e. The molecule has 0 radical (unpaired) electrons. The third kappa shape index (κ3) is 9.84. The highest BCUT2D eigenvalue weighted by Gasteiger charge is 2.22. The van der Waals surface area contributed by atoms with Gasteiger partial charge in [0.1, 0.15) is 8.24 Å². The van der Waals surface area contributed by atoms with Crippen molar-refractivity contribution in [2.45, 2.75) is 84.9 Å². The summed E-state index contributed by atoms with van der Waals surface area (Å²) in [5.41, 5.74) is 0. The molecule has 0 aliphatic carbocycles. The first-order chi connectivity index (χ1) is 8.02. The summed E-state index contributed by atoms with van der Waals surface area (Å²) >= 11 is 0. The third-order valence-corrected chi connectivity index (χ3v) is 5.86. The maximum atomic E-state index is 2.82. The van der Waals surface area contributed by atoms with Crippen molar-refractivity contribution in [3.8, 4) is 0 Å². The second-order valence-corrected chi connectivity index (χ2v) is 11.3. The van der Waals surface area contributed by atoms with Crippen LogP contribution in [-0.4, -0.2) is 25.9 Å². The Kier molecular flexibility index (Phi) is 10.2. The van der Waals surface area contributed by atoms with Crippen molar-refractivity contribution in [1.82, 2.24) is 4.57 Å². The van der Waals surface area contributed by atoms with E-state index in [0.717, 1.165) is 0 Å². The molecule has 104 valence electrons. The second-order valence-electron chi connectivity index (χ2n) is 6.28. The standard InChI is InChI=1S/C15H35NSi/c1-6-8-10-12-14-16(17(3,4)5)15-13-11-9-7-2/h6-15H2,1-5H3. The summed E-state index contributed by atoms with van der Waals surface area (Å²) in [5.74, 6) is 0. The normalized spacial score (nSPS) is 12.4. The number of rotatable bonds is 11. The average Bonchev–Trinajstić information content (AvgIpc) is 2.25. The molecule has 0 rings (SSSR count). The zero-order valence-electron chi connectivity index (χ0n) is 13.0. The first-order valence-corrected chi connectivity index (χ1v) is 11.2. The lowest BCUT2D eigenvalue weighted by atomic mass is 10.2. The molecule has 0 unspecified atom stereocenters. The molecular formula is C15H35NSi. The minimum absolute atomic E-state index is 1.07. The Morgan fingerprint density at radius 3 is 1.35 bits per heavy atom. The Morgan fingerprint density at radius 2 is 1.06 bits per heavy atom. The maximum Gasteiger partial charge on any atom is 0.119 e. The molecule has 0 bridgehead atoms. The molecule has 0 heterocycles. The fourth-order valence-corrected chi connectivity index (χ4v) is 3.90. The van der Waals surface area contributed by atoms with Crippen LogP contribution in [0.4, 0.5) is 0 Å². The van der Waals surface area contributed by atoms with Gasteiger partial charge >= 0.3 is 0 Å². The third-order valence-electron chi connectivity index (χ3n) is 3.51. The predicted molar refractivity (Wildman–Crippen MR) is 83.2 cm³/mol. The summed E-state index contributed by atoms with van der Waals surface area (Å²) in [6.45, 7) is 14.8. The van der Waals surface area contributed by atoms with E-state index in [1.807, 2.05) is 0 Å². The van der Waals surface area contributed by atoms with Crippen LogP contribution in [-0.2, 0) is 0 Å². The molecule has 1 nitrogen and oxygen atoms in total. The second kappa shape index (κ2) is 10.1. The van der Waals surface area contributed by atoms with Gasteiger partial charge in [0, 0.05) is 0 Å². The van der Waals surface area contributed by atoms with Crippen molar-refractivity contribution in [1.29, 1.82) is 0 Å².